The van der Waals surface area contributed by atoms with Gasteiger partial charge in [0.25, 0.3) is 5.91 Å². The highest BCUT2D eigenvalue weighted by Crippen LogP contribution is 2.17. The van der Waals surface area contributed by atoms with Crippen LogP contribution in [0.4, 0.5) is 5.69 Å². The molecule has 1 unspecified atom stereocenters. The monoisotopic (exact) mass is 272 g/mol. The third-order valence-electron chi connectivity index (χ3n) is 3.13. The molecule has 0 bridgehead atoms. The summed E-state index contributed by atoms with van der Waals surface area (Å²) in [6.07, 6.45) is 3.42. The molecule has 0 radical (unpaired) electrons. The van der Waals surface area contributed by atoms with E-state index in [2.05, 4.69) is 20.6 Å². The van der Waals surface area contributed by atoms with Crippen molar-refractivity contribution in [2.75, 3.05) is 11.9 Å². The fraction of sp³-hybridized carbons (Fsp3) is 0.333. The number of anilines is 1. The van der Waals surface area contributed by atoms with Crippen molar-refractivity contribution < 1.29 is 4.79 Å². The smallest absolute Gasteiger partial charge is 0.251 e. The Hall–Kier alpha value is -2.30. The van der Waals surface area contributed by atoms with Gasteiger partial charge in [-0.1, -0.05) is 0 Å². The summed E-state index contributed by atoms with van der Waals surface area (Å²) < 4.78 is 0. The number of aromatic nitrogens is 2. The largest absolute Gasteiger partial charge is 0.385 e. The number of H-pyrrole nitrogens is 1. The van der Waals surface area contributed by atoms with E-state index in [1.165, 1.54) is 0 Å². The Morgan fingerprint density at radius 3 is 2.85 bits per heavy atom. The minimum atomic E-state index is -0.147. The fourth-order valence-electron chi connectivity index (χ4n) is 2.06. The van der Waals surface area contributed by atoms with E-state index in [9.17, 15) is 4.79 Å². The van der Waals surface area contributed by atoms with Crippen LogP contribution in [-0.4, -0.2) is 22.4 Å². The van der Waals surface area contributed by atoms with Crippen molar-refractivity contribution >= 4 is 11.6 Å². The van der Waals surface area contributed by atoms with Crippen molar-refractivity contribution in [3.8, 4) is 0 Å². The van der Waals surface area contributed by atoms with E-state index in [0.717, 1.165) is 23.6 Å². The van der Waals surface area contributed by atoms with Gasteiger partial charge in [0, 0.05) is 30.2 Å². The Morgan fingerprint density at radius 1 is 1.45 bits per heavy atom. The lowest BCUT2D eigenvalue weighted by molar-refractivity contribution is 0.0938. The van der Waals surface area contributed by atoms with Gasteiger partial charge in [-0.15, -0.1) is 0 Å². The molecule has 1 aromatic heterocycles. The number of carbonyl (C=O) groups is 1. The van der Waals surface area contributed by atoms with E-state index in [4.69, 9.17) is 0 Å². The van der Waals surface area contributed by atoms with E-state index < -0.39 is 0 Å². The molecule has 0 fully saturated rings. The Kier molecular flexibility index (Phi) is 4.40. The number of benzene rings is 1. The molecular formula is C15H20N4O. The van der Waals surface area contributed by atoms with Crippen LogP contribution in [0, 0.1) is 6.92 Å². The number of rotatable bonds is 5. The Bertz CT molecular complexity index is 578. The van der Waals surface area contributed by atoms with Gasteiger partial charge in [0.15, 0.2) is 0 Å². The predicted octanol–water partition coefficient (Wildman–Crippen LogP) is 2.64. The van der Waals surface area contributed by atoms with Crippen LogP contribution in [0.1, 0.15) is 41.6 Å². The van der Waals surface area contributed by atoms with Gasteiger partial charge in [0.05, 0.1) is 6.04 Å². The highest BCUT2D eigenvalue weighted by molar-refractivity contribution is 5.95. The summed E-state index contributed by atoms with van der Waals surface area (Å²) in [7, 11) is 0. The molecule has 0 aliphatic heterocycles. The Balaban J connectivity index is 2.07. The highest BCUT2D eigenvalue weighted by atomic mass is 16.1. The summed E-state index contributed by atoms with van der Waals surface area (Å²) in [5, 5.41) is 6.18. The zero-order valence-electron chi connectivity index (χ0n) is 12.0. The van der Waals surface area contributed by atoms with Crippen LogP contribution in [0.3, 0.4) is 0 Å². The molecule has 1 heterocycles. The molecule has 106 valence electrons. The number of nitrogens with one attached hydrogen (secondary N) is 3. The van der Waals surface area contributed by atoms with Crippen molar-refractivity contribution in [2.45, 2.75) is 26.8 Å². The van der Waals surface area contributed by atoms with E-state index in [-0.39, 0.29) is 11.9 Å². The van der Waals surface area contributed by atoms with Crippen LogP contribution in [0.2, 0.25) is 0 Å². The standard InChI is InChI=1S/C15H20N4O/c1-4-16-13-6-5-12(9-10(13)2)15(20)19-11(3)14-17-7-8-18-14/h5-9,11,16H,4H2,1-3H3,(H,17,18)(H,19,20). The summed E-state index contributed by atoms with van der Waals surface area (Å²) in [6.45, 7) is 6.80. The first-order valence-electron chi connectivity index (χ1n) is 6.76. The molecule has 1 aromatic carbocycles. The third kappa shape index (κ3) is 3.17. The first-order valence-corrected chi connectivity index (χ1v) is 6.76. The first kappa shape index (κ1) is 14.1. The van der Waals surface area contributed by atoms with Crippen molar-refractivity contribution in [1.82, 2.24) is 15.3 Å². The molecule has 20 heavy (non-hydrogen) atoms. The number of aromatic amines is 1. The highest BCUT2D eigenvalue weighted by Gasteiger charge is 2.13. The quantitative estimate of drug-likeness (QED) is 0.783. The zero-order valence-corrected chi connectivity index (χ0v) is 12.0. The normalized spacial score (nSPS) is 11.9. The summed E-state index contributed by atoms with van der Waals surface area (Å²) >= 11 is 0. The van der Waals surface area contributed by atoms with Crippen LogP contribution in [-0.2, 0) is 0 Å². The lowest BCUT2D eigenvalue weighted by atomic mass is 10.1. The van der Waals surface area contributed by atoms with Gasteiger partial charge < -0.3 is 15.6 Å². The number of carbonyl (C=O) groups excluding carboxylic acids is 1. The number of amides is 1. The van der Waals surface area contributed by atoms with Crippen LogP contribution >= 0.6 is 0 Å². The number of aryl methyl sites for hydroxylation is 1. The molecule has 2 aromatic rings. The molecule has 2 rings (SSSR count). The van der Waals surface area contributed by atoms with Gasteiger partial charge in [0.1, 0.15) is 5.82 Å². The van der Waals surface area contributed by atoms with Crippen molar-refractivity contribution in [3.05, 3.63) is 47.5 Å². The van der Waals surface area contributed by atoms with Gasteiger partial charge in [-0.05, 0) is 44.5 Å². The molecule has 0 saturated carbocycles. The van der Waals surface area contributed by atoms with Crippen molar-refractivity contribution in [1.29, 1.82) is 0 Å². The second-order valence-corrected chi connectivity index (χ2v) is 4.73. The molecule has 1 amide bonds. The lowest BCUT2D eigenvalue weighted by Gasteiger charge is -2.13. The van der Waals surface area contributed by atoms with Crippen molar-refractivity contribution in [2.24, 2.45) is 0 Å². The SMILES string of the molecule is CCNc1ccc(C(=O)NC(C)c2ncc[nH]2)cc1C. The average molecular weight is 272 g/mol. The van der Waals surface area contributed by atoms with E-state index in [1.807, 2.05) is 39.0 Å². The van der Waals surface area contributed by atoms with Gasteiger partial charge in [-0.2, -0.15) is 0 Å². The average Bonchev–Trinajstić information content (AvgIpc) is 2.95. The molecule has 0 saturated heterocycles. The van der Waals surface area contributed by atoms with Crippen molar-refractivity contribution in [3.63, 3.8) is 0 Å². The molecule has 0 aliphatic carbocycles. The number of nitrogens with zero attached hydrogens (tertiary/aromatic N) is 1. The minimum absolute atomic E-state index is 0.0972. The molecule has 0 aliphatic rings. The van der Waals surface area contributed by atoms with Gasteiger partial charge >= 0.3 is 0 Å². The van der Waals surface area contributed by atoms with E-state index in [0.29, 0.717) is 5.56 Å². The molecule has 1 atom stereocenters. The third-order valence-corrected chi connectivity index (χ3v) is 3.13. The Morgan fingerprint density at radius 2 is 2.25 bits per heavy atom. The fourth-order valence-corrected chi connectivity index (χ4v) is 2.06. The summed E-state index contributed by atoms with van der Waals surface area (Å²) in [5.41, 5.74) is 2.77. The van der Waals surface area contributed by atoms with Crippen LogP contribution in [0.5, 0.6) is 0 Å². The number of hydrogen-bond donors (Lipinski definition) is 3. The van der Waals surface area contributed by atoms with E-state index >= 15 is 0 Å². The van der Waals surface area contributed by atoms with Gasteiger partial charge in [-0.3, -0.25) is 4.79 Å². The van der Waals surface area contributed by atoms with Crippen LogP contribution in [0.15, 0.2) is 30.6 Å². The molecular weight excluding hydrogens is 252 g/mol. The van der Waals surface area contributed by atoms with Crippen LogP contribution < -0.4 is 10.6 Å². The summed E-state index contributed by atoms with van der Waals surface area (Å²) in [5.74, 6) is 0.652. The number of hydrogen-bond acceptors (Lipinski definition) is 3. The maximum atomic E-state index is 12.2. The predicted molar refractivity (Wildman–Crippen MR) is 79.8 cm³/mol. The number of imidazole rings is 1. The van der Waals surface area contributed by atoms with Gasteiger partial charge in [-0.25, -0.2) is 4.98 Å². The topological polar surface area (TPSA) is 69.8 Å². The molecule has 5 heteroatoms. The second kappa shape index (κ2) is 6.23. The molecule has 0 spiro atoms. The maximum Gasteiger partial charge on any atom is 0.251 e. The summed E-state index contributed by atoms with van der Waals surface area (Å²) in [6, 6.07) is 5.51. The van der Waals surface area contributed by atoms with Gasteiger partial charge in [0.2, 0.25) is 0 Å². The minimum Gasteiger partial charge on any atom is -0.385 e. The molecule has 5 nitrogen and oxygen atoms in total. The first-order chi connectivity index (χ1) is 9.61. The maximum absolute atomic E-state index is 12.2. The zero-order chi connectivity index (χ0) is 14.5. The Labute approximate surface area is 118 Å². The summed E-state index contributed by atoms with van der Waals surface area (Å²) in [4.78, 5) is 19.3. The second-order valence-electron chi connectivity index (χ2n) is 4.73. The lowest BCUT2D eigenvalue weighted by Crippen LogP contribution is -2.27. The molecule has 3 N–H and O–H groups in total. The van der Waals surface area contributed by atoms with E-state index in [1.54, 1.807) is 12.4 Å². The van der Waals surface area contributed by atoms with Crippen LogP contribution in [0.25, 0.3) is 0 Å².